The molecule has 0 saturated heterocycles. The van der Waals surface area contributed by atoms with Crippen LogP contribution < -0.4 is 21.3 Å². The van der Waals surface area contributed by atoms with E-state index in [1.807, 2.05) is 50.2 Å². The minimum absolute atomic E-state index is 0.0999. The van der Waals surface area contributed by atoms with Gasteiger partial charge in [0.2, 0.25) is 17.7 Å². The Balaban J connectivity index is 1.60. The van der Waals surface area contributed by atoms with Gasteiger partial charge in [-0.05, 0) is 48.9 Å². The van der Waals surface area contributed by atoms with Gasteiger partial charge in [-0.3, -0.25) is 19.2 Å². The van der Waals surface area contributed by atoms with E-state index >= 15 is 0 Å². The molecule has 1 aromatic heterocycles. The number of carbonyl (C=O) groups is 4. The molecule has 0 spiro atoms. The number of hydrogen-bond acceptors (Lipinski definition) is 7. The van der Waals surface area contributed by atoms with Crippen molar-refractivity contribution < 1.29 is 23.6 Å². The van der Waals surface area contributed by atoms with Gasteiger partial charge in [0, 0.05) is 18.5 Å². The van der Waals surface area contributed by atoms with Crippen LogP contribution in [-0.4, -0.2) is 47.2 Å². The number of benzene rings is 2. The van der Waals surface area contributed by atoms with Crippen molar-refractivity contribution in [1.82, 2.24) is 26.3 Å². The van der Waals surface area contributed by atoms with E-state index in [0.717, 1.165) is 5.56 Å². The molecule has 218 valence electrons. The molecule has 1 aliphatic rings. The lowest BCUT2D eigenvalue weighted by atomic mass is 10.00. The molecule has 0 saturated carbocycles. The number of hydrogen-bond donors (Lipinski definition) is 4. The Bertz CT molecular complexity index is 1460. The van der Waals surface area contributed by atoms with Crippen LogP contribution >= 0.6 is 0 Å². The quantitative estimate of drug-likeness (QED) is 0.366. The summed E-state index contributed by atoms with van der Waals surface area (Å²) >= 11 is 0. The van der Waals surface area contributed by atoms with Crippen LogP contribution in [0.3, 0.4) is 0 Å². The van der Waals surface area contributed by atoms with Gasteiger partial charge in [-0.25, -0.2) is 4.98 Å². The molecule has 3 aromatic rings. The Morgan fingerprint density at radius 3 is 2.60 bits per heavy atom. The molecule has 2 bridgehead atoms. The van der Waals surface area contributed by atoms with Crippen molar-refractivity contribution in [3.8, 4) is 6.07 Å². The van der Waals surface area contributed by atoms with Crippen molar-refractivity contribution in [2.75, 3.05) is 6.54 Å². The summed E-state index contributed by atoms with van der Waals surface area (Å²) in [5, 5.41) is 20.5. The highest BCUT2D eigenvalue weighted by molar-refractivity contribution is 5.98. The number of rotatable bonds is 5. The van der Waals surface area contributed by atoms with Gasteiger partial charge in [-0.1, -0.05) is 50.2 Å². The van der Waals surface area contributed by atoms with Crippen LogP contribution in [0.4, 0.5) is 0 Å². The second-order valence-corrected chi connectivity index (χ2v) is 10.5. The van der Waals surface area contributed by atoms with Gasteiger partial charge in [0.1, 0.15) is 24.4 Å². The van der Waals surface area contributed by atoms with Crippen LogP contribution in [0.5, 0.6) is 0 Å². The lowest BCUT2D eigenvalue weighted by Gasteiger charge is -2.27. The standard InChI is InChI=1S/C31H34N6O5/c1-19(2)26-30(41)35-24(16-20-9-4-3-5-10-20)31-36-25(18-42-31)28(39)33-14-7-6-13-23(29(40)37-26)34-27(38)22-12-8-11-21(15-22)17-32/h3-5,8-12,15,18-19,23-24,26H,6-7,13-14,16H2,1-2H3,(H,33,39)(H,34,38)(H,35,41)(H,37,40)/t23-,24+,26-/m0/s1. The molecule has 4 N–H and O–H groups in total. The molecule has 0 fully saturated rings. The largest absolute Gasteiger partial charge is 0.446 e. The maximum absolute atomic E-state index is 13.6. The summed E-state index contributed by atoms with van der Waals surface area (Å²) in [5.74, 6) is -2.02. The van der Waals surface area contributed by atoms with Crippen LogP contribution in [0.15, 0.2) is 65.3 Å². The van der Waals surface area contributed by atoms with Crippen molar-refractivity contribution in [1.29, 1.82) is 5.26 Å². The van der Waals surface area contributed by atoms with Crippen LogP contribution in [0, 0.1) is 17.2 Å². The molecule has 4 rings (SSSR count). The first-order valence-electron chi connectivity index (χ1n) is 13.9. The zero-order valence-corrected chi connectivity index (χ0v) is 23.6. The van der Waals surface area contributed by atoms with E-state index < -0.39 is 41.8 Å². The highest BCUT2D eigenvalue weighted by Crippen LogP contribution is 2.20. The number of nitriles is 1. The van der Waals surface area contributed by atoms with E-state index in [2.05, 4.69) is 26.3 Å². The second-order valence-electron chi connectivity index (χ2n) is 10.5. The maximum Gasteiger partial charge on any atom is 0.273 e. The number of oxazole rings is 1. The van der Waals surface area contributed by atoms with Gasteiger partial charge in [-0.2, -0.15) is 5.26 Å². The Morgan fingerprint density at radius 1 is 1.07 bits per heavy atom. The summed E-state index contributed by atoms with van der Waals surface area (Å²) in [4.78, 5) is 57.2. The number of aromatic nitrogens is 1. The van der Waals surface area contributed by atoms with E-state index in [0.29, 0.717) is 31.4 Å². The zero-order valence-electron chi connectivity index (χ0n) is 23.6. The first-order valence-corrected chi connectivity index (χ1v) is 13.9. The Morgan fingerprint density at radius 2 is 1.86 bits per heavy atom. The van der Waals surface area contributed by atoms with E-state index in [9.17, 15) is 24.4 Å². The molecule has 2 heterocycles. The summed E-state index contributed by atoms with van der Waals surface area (Å²) in [6.07, 6.45) is 2.90. The molecule has 2 aromatic carbocycles. The van der Waals surface area contributed by atoms with Crippen LogP contribution in [0.2, 0.25) is 0 Å². The summed E-state index contributed by atoms with van der Waals surface area (Å²) in [5.41, 5.74) is 1.57. The molecule has 0 aliphatic carbocycles. The molecule has 3 atom stereocenters. The summed E-state index contributed by atoms with van der Waals surface area (Å²) in [7, 11) is 0. The third-order valence-electron chi connectivity index (χ3n) is 6.98. The van der Waals surface area contributed by atoms with Crippen molar-refractivity contribution in [2.24, 2.45) is 5.92 Å². The van der Waals surface area contributed by atoms with Crippen molar-refractivity contribution in [2.45, 2.75) is 57.7 Å². The van der Waals surface area contributed by atoms with Crippen LogP contribution in [-0.2, 0) is 16.0 Å². The number of fused-ring (bicyclic) bond motifs is 2. The smallest absolute Gasteiger partial charge is 0.273 e. The lowest BCUT2D eigenvalue weighted by molar-refractivity contribution is -0.131. The highest BCUT2D eigenvalue weighted by atomic mass is 16.3. The molecule has 42 heavy (non-hydrogen) atoms. The Labute approximate surface area is 244 Å². The van der Waals surface area contributed by atoms with Gasteiger partial charge in [-0.15, -0.1) is 0 Å². The second kappa shape index (κ2) is 14.1. The number of nitrogens with zero attached hydrogens (tertiary/aromatic N) is 2. The van der Waals surface area contributed by atoms with E-state index in [1.165, 1.54) is 12.3 Å². The van der Waals surface area contributed by atoms with Crippen molar-refractivity contribution >= 4 is 23.6 Å². The van der Waals surface area contributed by atoms with E-state index in [4.69, 9.17) is 4.42 Å². The van der Waals surface area contributed by atoms with Gasteiger partial charge < -0.3 is 25.7 Å². The van der Waals surface area contributed by atoms with E-state index in [-0.39, 0.29) is 29.5 Å². The topological polar surface area (TPSA) is 166 Å². The minimum Gasteiger partial charge on any atom is -0.446 e. The van der Waals surface area contributed by atoms with Gasteiger partial charge in [0.15, 0.2) is 5.69 Å². The molecule has 4 amide bonds. The SMILES string of the molecule is CC(C)[C@@H]1NC(=O)[C@@H](NC(=O)c2cccc(C#N)c2)CCCCNC(=O)c2coc(n2)[C@@H](Cc2ccccc2)NC1=O. The molecule has 11 heteroatoms. The fourth-order valence-electron chi connectivity index (χ4n) is 4.66. The molecular formula is C31H34N6O5. The minimum atomic E-state index is -0.951. The predicted octanol–water partition coefficient (Wildman–Crippen LogP) is 2.80. The molecule has 0 radical (unpaired) electrons. The summed E-state index contributed by atoms with van der Waals surface area (Å²) in [6, 6.07) is 15.0. The van der Waals surface area contributed by atoms with E-state index in [1.54, 1.807) is 18.2 Å². The van der Waals surface area contributed by atoms with Crippen molar-refractivity contribution in [3.05, 3.63) is 89.1 Å². The lowest BCUT2D eigenvalue weighted by Crippen LogP contribution is -2.56. The number of carbonyl (C=O) groups excluding carboxylic acids is 4. The molecule has 11 nitrogen and oxygen atoms in total. The Hall–Kier alpha value is -4.98. The van der Waals surface area contributed by atoms with Crippen LogP contribution in [0.25, 0.3) is 0 Å². The Kier molecular flexibility index (Phi) is 10.1. The van der Waals surface area contributed by atoms with Gasteiger partial charge in [0.25, 0.3) is 11.8 Å². The first kappa shape index (κ1) is 30.0. The number of amides is 4. The predicted molar refractivity (Wildman–Crippen MR) is 153 cm³/mol. The zero-order chi connectivity index (χ0) is 30.1. The fraction of sp³-hybridized carbons (Fsp3) is 0.355. The molecule has 1 aliphatic heterocycles. The maximum atomic E-state index is 13.6. The molecular weight excluding hydrogens is 536 g/mol. The third-order valence-corrected chi connectivity index (χ3v) is 6.98. The fourth-order valence-corrected chi connectivity index (χ4v) is 4.66. The average molecular weight is 571 g/mol. The third kappa shape index (κ3) is 7.81. The van der Waals surface area contributed by atoms with Gasteiger partial charge >= 0.3 is 0 Å². The van der Waals surface area contributed by atoms with Crippen molar-refractivity contribution in [3.63, 3.8) is 0 Å². The monoisotopic (exact) mass is 570 g/mol. The first-order chi connectivity index (χ1) is 20.2. The highest BCUT2D eigenvalue weighted by Gasteiger charge is 2.32. The summed E-state index contributed by atoms with van der Waals surface area (Å²) in [6.45, 7) is 3.94. The normalized spacial score (nSPS) is 20.1. The van der Waals surface area contributed by atoms with Gasteiger partial charge in [0.05, 0.1) is 11.6 Å². The van der Waals surface area contributed by atoms with Crippen LogP contribution in [0.1, 0.15) is 77.0 Å². The molecule has 0 unspecified atom stereocenters. The number of nitrogens with one attached hydrogen (secondary N) is 4. The summed E-state index contributed by atoms with van der Waals surface area (Å²) < 4.78 is 5.64. The average Bonchev–Trinajstić information content (AvgIpc) is 3.49.